The third-order valence-corrected chi connectivity index (χ3v) is 3.46. The Hall–Kier alpha value is -1.58. The van der Waals surface area contributed by atoms with Crippen molar-refractivity contribution in [3.8, 4) is 0 Å². The number of aryl methyl sites for hydroxylation is 1. The van der Waals surface area contributed by atoms with Gasteiger partial charge in [-0.05, 0) is 43.7 Å². The first-order chi connectivity index (χ1) is 9.85. The molecule has 0 unspecified atom stereocenters. The molecule has 2 aromatic rings. The van der Waals surface area contributed by atoms with Crippen LogP contribution >= 0.6 is 0 Å². The first-order valence-corrected chi connectivity index (χ1v) is 7.91. The lowest BCUT2D eigenvalue weighted by Crippen LogP contribution is -1.99. The van der Waals surface area contributed by atoms with Gasteiger partial charge in [-0.25, -0.2) is 0 Å². The summed E-state index contributed by atoms with van der Waals surface area (Å²) in [6, 6.07) is 0.475. The molecule has 2 aromatic heterocycles. The quantitative estimate of drug-likeness (QED) is 0.824. The van der Waals surface area contributed by atoms with E-state index in [1.807, 2.05) is 21.8 Å². The Balaban J connectivity index is 0.000000211. The zero-order valence-electron chi connectivity index (χ0n) is 14.5. The summed E-state index contributed by atoms with van der Waals surface area (Å²) < 4.78 is 3.95. The molecule has 118 valence electrons. The molecule has 4 heteroatoms. The van der Waals surface area contributed by atoms with E-state index >= 15 is 0 Å². The summed E-state index contributed by atoms with van der Waals surface area (Å²) in [6.07, 6.45) is 8.11. The number of aromatic nitrogens is 4. The van der Waals surface area contributed by atoms with Gasteiger partial charge in [0.2, 0.25) is 0 Å². The minimum atomic E-state index is 0.475. The van der Waals surface area contributed by atoms with Gasteiger partial charge in [-0.1, -0.05) is 27.7 Å². The number of hydrogen-bond acceptors (Lipinski definition) is 2. The summed E-state index contributed by atoms with van der Waals surface area (Å²) >= 11 is 0. The fraction of sp³-hybridized carbons (Fsp3) is 0.647. The monoisotopic (exact) mass is 290 g/mol. The van der Waals surface area contributed by atoms with Crippen LogP contribution in [0.4, 0.5) is 0 Å². The van der Waals surface area contributed by atoms with Gasteiger partial charge in [-0.3, -0.25) is 9.36 Å². The van der Waals surface area contributed by atoms with Crippen molar-refractivity contribution >= 4 is 0 Å². The highest BCUT2D eigenvalue weighted by Gasteiger charge is 2.03. The van der Waals surface area contributed by atoms with Crippen LogP contribution in [0.25, 0.3) is 0 Å². The molecule has 0 aromatic carbocycles. The predicted molar refractivity (Wildman–Crippen MR) is 88.7 cm³/mol. The molecular formula is C17H30N4. The molecule has 0 spiro atoms. The van der Waals surface area contributed by atoms with Gasteiger partial charge in [0.1, 0.15) is 0 Å². The van der Waals surface area contributed by atoms with Gasteiger partial charge in [0.05, 0.1) is 12.4 Å². The Bertz CT molecular complexity index is 498. The van der Waals surface area contributed by atoms with Gasteiger partial charge < -0.3 is 0 Å². The molecule has 0 radical (unpaired) electrons. The number of rotatable bonds is 4. The first kappa shape index (κ1) is 17.5. The standard InChI is InChI=1S/C9H16N2.C8H14N2/c1-7(2)9-5-10-11(6-9)8(3)4;1-4-10-6-8(5-9-10)7(2)3/h5-8H,1-4H3;5-7H,4H2,1-3H3. The SMILES string of the molecule is CC(C)c1cnn(C(C)C)c1.CCn1cc(C(C)C)cn1. The molecule has 0 bridgehead atoms. The summed E-state index contributed by atoms with van der Waals surface area (Å²) in [5, 5.41) is 8.43. The molecule has 2 rings (SSSR count). The van der Waals surface area contributed by atoms with Gasteiger partial charge >= 0.3 is 0 Å². The Morgan fingerprint density at radius 2 is 1.38 bits per heavy atom. The molecule has 4 nitrogen and oxygen atoms in total. The van der Waals surface area contributed by atoms with Crippen LogP contribution in [0.3, 0.4) is 0 Å². The Kier molecular flexibility index (Phi) is 6.66. The lowest BCUT2D eigenvalue weighted by molar-refractivity contribution is 0.531. The Morgan fingerprint density at radius 1 is 0.857 bits per heavy atom. The van der Waals surface area contributed by atoms with E-state index in [4.69, 9.17) is 0 Å². The van der Waals surface area contributed by atoms with E-state index in [9.17, 15) is 0 Å². The molecule has 21 heavy (non-hydrogen) atoms. The second-order valence-corrected chi connectivity index (χ2v) is 6.29. The largest absolute Gasteiger partial charge is 0.273 e. The highest BCUT2D eigenvalue weighted by Crippen LogP contribution is 2.14. The Morgan fingerprint density at radius 3 is 1.67 bits per heavy atom. The number of hydrogen-bond donors (Lipinski definition) is 0. The van der Waals surface area contributed by atoms with Crippen LogP contribution in [0.15, 0.2) is 24.8 Å². The second-order valence-electron chi connectivity index (χ2n) is 6.29. The van der Waals surface area contributed by atoms with Crippen LogP contribution in [-0.2, 0) is 6.54 Å². The predicted octanol–water partition coefficient (Wildman–Crippen LogP) is 4.61. The summed E-state index contributed by atoms with van der Waals surface area (Å²) in [7, 11) is 0. The van der Waals surface area contributed by atoms with Crippen LogP contribution in [0.5, 0.6) is 0 Å². The zero-order valence-corrected chi connectivity index (χ0v) is 14.5. The average molecular weight is 290 g/mol. The smallest absolute Gasteiger partial charge is 0.0524 e. The Labute approximate surface area is 129 Å². The van der Waals surface area contributed by atoms with Gasteiger partial charge in [0, 0.05) is 25.0 Å². The fourth-order valence-electron chi connectivity index (χ4n) is 1.78. The molecule has 0 saturated heterocycles. The van der Waals surface area contributed by atoms with E-state index in [0.717, 1.165) is 6.54 Å². The number of nitrogens with zero attached hydrogens (tertiary/aromatic N) is 4. The van der Waals surface area contributed by atoms with E-state index < -0.39 is 0 Å². The first-order valence-electron chi connectivity index (χ1n) is 7.91. The van der Waals surface area contributed by atoms with Crippen molar-refractivity contribution in [1.29, 1.82) is 0 Å². The van der Waals surface area contributed by atoms with Crippen molar-refractivity contribution in [3.05, 3.63) is 35.9 Å². The van der Waals surface area contributed by atoms with Crippen molar-refractivity contribution in [1.82, 2.24) is 19.6 Å². The van der Waals surface area contributed by atoms with Crippen LogP contribution in [0.1, 0.15) is 77.5 Å². The van der Waals surface area contributed by atoms with Crippen LogP contribution in [0.2, 0.25) is 0 Å². The van der Waals surface area contributed by atoms with E-state index in [1.165, 1.54) is 11.1 Å². The lowest BCUT2D eigenvalue weighted by Gasteiger charge is -2.03. The highest BCUT2D eigenvalue weighted by atomic mass is 15.3. The van der Waals surface area contributed by atoms with Crippen molar-refractivity contribution in [2.75, 3.05) is 0 Å². The lowest BCUT2D eigenvalue weighted by atomic mass is 10.1. The molecule has 0 aliphatic carbocycles. The van der Waals surface area contributed by atoms with Crippen molar-refractivity contribution in [2.45, 2.75) is 72.9 Å². The average Bonchev–Trinajstić information content (AvgIpc) is 3.08. The normalized spacial score (nSPS) is 11.1. The van der Waals surface area contributed by atoms with Crippen molar-refractivity contribution in [2.24, 2.45) is 0 Å². The van der Waals surface area contributed by atoms with Gasteiger partial charge in [-0.15, -0.1) is 0 Å². The topological polar surface area (TPSA) is 35.6 Å². The van der Waals surface area contributed by atoms with Gasteiger partial charge in [-0.2, -0.15) is 10.2 Å². The molecule has 0 atom stereocenters. The summed E-state index contributed by atoms with van der Waals surface area (Å²) in [4.78, 5) is 0. The van der Waals surface area contributed by atoms with Crippen LogP contribution in [-0.4, -0.2) is 19.6 Å². The highest BCUT2D eigenvalue weighted by molar-refractivity contribution is 5.09. The molecule has 0 amide bonds. The maximum Gasteiger partial charge on any atom is 0.0524 e. The molecule has 0 fully saturated rings. The van der Waals surface area contributed by atoms with E-state index in [-0.39, 0.29) is 0 Å². The third kappa shape index (κ3) is 5.37. The minimum absolute atomic E-state index is 0.475. The van der Waals surface area contributed by atoms with Gasteiger partial charge in [0.15, 0.2) is 0 Å². The summed E-state index contributed by atoms with van der Waals surface area (Å²) in [6.45, 7) is 16.1. The minimum Gasteiger partial charge on any atom is -0.273 e. The summed E-state index contributed by atoms with van der Waals surface area (Å²) in [5.41, 5.74) is 2.64. The van der Waals surface area contributed by atoms with Crippen molar-refractivity contribution < 1.29 is 0 Å². The van der Waals surface area contributed by atoms with E-state index in [1.54, 1.807) is 0 Å². The zero-order chi connectivity index (χ0) is 16.0. The van der Waals surface area contributed by atoms with E-state index in [2.05, 4.69) is 71.1 Å². The summed E-state index contributed by atoms with van der Waals surface area (Å²) in [5.74, 6) is 1.18. The molecule has 2 heterocycles. The third-order valence-electron chi connectivity index (χ3n) is 3.46. The van der Waals surface area contributed by atoms with Gasteiger partial charge in [0.25, 0.3) is 0 Å². The molecule has 0 aliphatic heterocycles. The molecule has 0 saturated carbocycles. The second kappa shape index (κ2) is 8.01. The molecule has 0 N–H and O–H groups in total. The fourth-order valence-corrected chi connectivity index (χ4v) is 1.78. The van der Waals surface area contributed by atoms with Crippen LogP contribution in [0, 0.1) is 0 Å². The molecular weight excluding hydrogens is 260 g/mol. The maximum absolute atomic E-state index is 4.25. The van der Waals surface area contributed by atoms with Crippen molar-refractivity contribution in [3.63, 3.8) is 0 Å². The van der Waals surface area contributed by atoms with Crippen LogP contribution < -0.4 is 0 Å². The molecule has 0 aliphatic rings. The maximum atomic E-state index is 4.25. The van der Waals surface area contributed by atoms with E-state index in [0.29, 0.717) is 17.9 Å².